The maximum absolute atomic E-state index is 11.4. The van der Waals surface area contributed by atoms with Crippen LogP contribution < -0.4 is 11.2 Å². The van der Waals surface area contributed by atoms with Crippen LogP contribution in [0.25, 0.3) is 0 Å². The zero-order valence-corrected chi connectivity index (χ0v) is 8.37. The van der Waals surface area contributed by atoms with Crippen LogP contribution in [0.15, 0.2) is 11.8 Å². The van der Waals surface area contributed by atoms with Crippen molar-refractivity contribution in [3.63, 3.8) is 0 Å². The molecule has 1 heterocycles. The maximum Gasteiger partial charge on any atom is 0.244 e. The van der Waals surface area contributed by atoms with Crippen molar-refractivity contribution in [3.05, 3.63) is 11.8 Å². The molecule has 1 amide bonds. The first-order chi connectivity index (χ1) is 6.56. The predicted molar refractivity (Wildman–Crippen MR) is 51.4 cm³/mol. The average molecular weight is 194 g/mol. The van der Waals surface area contributed by atoms with Crippen molar-refractivity contribution in [2.45, 2.75) is 25.3 Å². The molecule has 14 heavy (non-hydrogen) atoms. The third kappa shape index (κ3) is 1.44. The van der Waals surface area contributed by atoms with Gasteiger partial charge in [0.25, 0.3) is 0 Å². The van der Waals surface area contributed by atoms with Gasteiger partial charge >= 0.3 is 0 Å². The highest BCUT2D eigenvalue weighted by atomic mass is 16.1. The highest BCUT2D eigenvalue weighted by molar-refractivity contribution is 5.90. The molecule has 1 unspecified atom stereocenters. The third-order valence-corrected chi connectivity index (χ3v) is 2.32. The summed E-state index contributed by atoms with van der Waals surface area (Å²) >= 11 is 0. The van der Waals surface area contributed by atoms with Crippen LogP contribution in [0.2, 0.25) is 0 Å². The Kier molecular flexibility index (Phi) is 2.77. The molecule has 3 N–H and O–H groups in total. The van der Waals surface area contributed by atoms with E-state index < -0.39 is 11.4 Å². The van der Waals surface area contributed by atoms with Crippen molar-refractivity contribution in [3.8, 4) is 6.07 Å². The van der Waals surface area contributed by atoms with Gasteiger partial charge in [0.1, 0.15) is 0 Å². The largest absolute Gasteiger partial charge is 0.368 e. The molecule has 1 rings (SSSR count). The van der Waals surface area contributed by atoms with Crippen molar-refractivity contribution >= 4 is 5.91 Å². The number of primary amides is 1. The van der Waals surface area contributed by atoms with Crippen molar-refractivity contribution in [1.29, 1.82) is 5.26 Å². The number of nitriles is 1. The van der Waals surface area contributed by atoms with Crippen molar-refractivity contribution < 1.29 is 4.79 Å². The van der Waals surface area contributed by atoms with Gasteiger partial charge < -0.3 is 10.7 Å². The number of hydrogen-bond acceptors (Lipinski definition) is 4. The normalized spacial score (nSPS) is 25.8. The average Bonchev–Trinajstić information content (AvgIpc) is 2.44. The van der Waals surface area contributed by atoms with Gasteiger partial charge in [-0.1, -0.05) is 13.3 Å². The molecule has 0 saturated carbocycles. The summed E-state index contributed by atoms with van der Waals surface area (Å²) in [5, 5.41) is 10.5. The molecule has 1 aliphatic heterocycles. The summed E-state index contributed by atoms with van der Waals surface area (Å²) in [7, 11) is 1.73. The minimum atomic E-state index is -1.00. The molecular formula is C9H14N4O. The lowest BCUT2D eigenvalue weighted by atomic mass is 9.87. The van der Waals surface area contributed by atoms with E-state index in [0.29, 0.717) is 12.0 Å². The highest BCUT2D eigenvalue weighted by Gasteiger charge is 2.44. The van der Waals surface area contributed by atoms with Gasteiger partial charge in [0.15, 0.2) is 5.54 Å². The van der Waals surface area contributed by atoms with Crippen LogP contribution in [-0.4, -0.2) is 23.5 Å². The van der Waals surface area contributed by atoms with Gasteiger partial charge in [0.2, 0.25) is 5.91 Å². The topological polar surface area (TPSA) is 82.2 Å². The Labute approximate surface area is 83.1 Å². The van der Waals surface area contributed by atoms with Gasteiger partial charge in [-0.05, 0) is 6.42 Å². The number of nitrogens with zero attached hydrogens (tertiary/aromatic N) is 2. The molecule has 0 radical (unpaired) electrons. The van der Waals surface area contributed by atoms with Gasteiger partial charge in [0.05, 0.1) is 11.6 Å². The molecule has 1 aliphatic rings. The number of carbonyl (C=O) groups excluding carboxylic acids is 1. The molecular weight excluding hydrogens is 180 g/mol. The molecule has 5 nitrogen and oxygen atoms in total. The Morgan fingerprint density at radius 2 is 2.50 bits per heavy atom. The fourth-order valence-corrected chi connectivity index (χ4v) is 1.70. The van der Waals surface area contributed by atoms with Crippen LogP contribution in [-0.2, 0) is 4.79 Å². The zero-order chi connectivity index (χ0) is 10.8. The van der Waals surface area contributed by atoms with E-state index in [1.807, 2.05) is 13.0 Å². The summed E-state index contributed by atoms with van der Waals surface area (Å²) in [6, 6.07) is 2.01. The summed E-state index contributed by atoms with van der Waals surface area (Å²) in [5.74, 6) is -0.503. The summed E-state index contributed by atoms with van der Waals surface area (Å²) in [5.41, 5.74) is 7.62. The minimum absolute atomic E-state index is 0.384. The summed E-state index contributed by atoms with van der Waals surface area (Å²) in [4.78, 5) is 11.4. The first kappa shape index (κ1) is 10.5. The molecule has 76 valence electrons. The number of nitrogens with one attached hydrogen (secondary N) is 1. The lowest BCUT2D eigenvalue weighted by Crippen LogP contribution is -2.56. The van der Waals surface area contributed by atoms with E-state index in [1.54, 1.807) is 18.3 Å². The second kappa shape index (κ2) is 3.68. The highest BCUT2D eigenvalue weighted by Crippen LogP contribution is 2.27. The van der Waals surface area contributed by atoms with Crippen LogP contribution in [0.1, 0.15) is 19.8 Å². The van der Waals surface area contributed by atoms with E-state index in [4.69, 9.17) is 11.0 Å². The van der Waals surface area contributed by atoms with Crippen LogP contribution in [0.4, 0.5) is 0 Å². The molecule has 0 spiro atoms. The molecule has 5 heteroatoms. The lowest BCUT2D eigenvalue weighted by Gasteiger charge is -2.27. The number of rotatable bonds is 3. The molecule has 0 fully saturated rings. The van der Waals surface area contributed by atoms with Crippen LogP contribution >= 0.6 is 0 Å². The Morgan fingerprint density at radius 3 is 2.93 bits per heavy atom. The van der Waals surface area contributed by atoms with Crippen molar-refractivity contribution in [2.75, 3.05) is 7.05 Å². The summed E-state index contributed by atoms with van der Waals surface area (Å²) in [6.07, 6.45) is 2.91. The zero-order valence-electron chi connectivity index (χ0n) is 8.37. The summed E-state index contributed by atoms with van der Waals surface area (Å²) < 4.78 is 0. The molecule has 0 aliphatic carbocycles. The van der Waals surface area contributed by atoms with Crippen molar-refractivity contribution in [1.82, 2.24) is 10.4 Å². The molecule has 0 aromatic carbocycles. The molecule has 0 bridgehead atoms. The number of carbonyl (C=O) groups is 1. The summed E-state index contributed by atoms with van der Waals surface area (Å²) in [6.45, 7) is 1.94. The van der Waals surface area contributed by atoms with Crippen LogP contribution in [0.3, 0.4) is 0 Å². The Morgan fingerprint density at radius 1 is 1.86 bits per heavy atom. The quantitative estimate of drug-likeness (QED) is 0.655. The van der Waals surface area contributed by atoms with E-state index in [0.717, 1.165) is 6.42 Å². The van der Waals surface area contributed by atoms with E-state index in [9.17, 15) is 4.79 Å². The molecule has 0 saturated heterocycles. The maximum atomic E-state index is 11.4. The standard InChI is InChI=1S/C9H14N4O/c1-3-4-9(8(11)14)7(5-10)6-13(2)12-9/h6,12H,3-4H2,1-2H3,(H2,11,14). The van der Waals surface area contributed by atoms with Gasteiger partial charge in [-0.15, -0.1) is 0 Å². The third-order valence-electron chi connectivity index (χ3n) is 2.32. The lowest BCUT2D eigenvalue weighted by molar-refractivity contribution is -0.123. The fraction of sp³-hybridized carbons (Fsp3) is 0.556. The van der Waals surface area contributed by atoms with Crippen LogP contribution in [0.5, 0.6) is 0 Å². The van der Waals surface area contributed by atoms with E-state index in [-0.39, 0.29) is 0 Å². The van der Waals surface area contributed by atoms with Gasteiger partial charge in [-0.2, -0.15) is 5.26 Å². The Hall–Kier alpha value is -1.54. The van der Waals surface area contributed by atoms with E-state index in [2.05, 4.69) is 5.43 Å². The van der Waals surface area contributed by atoms with Crippen LogP contribution in [0, 0.1) is 11.3 Å². The van der Waals surface area contributed by atoms with Gasteiger partial charge in [-0.25, -0.2) is 5.43 Å². The molecule has 0 aromatic heterocycles. The first-order valence-electron chi connectivity index (χ1n) is 4.49. The SMILES string of the molecule is CCCC1(C(N)=O)NN(C)C=C1C#N. The number of hydrogen-bond donors (Lipinski definition) is 2. The predicted octanol–water partition coefficient (Wildman–Crippen LogP) is -0.132. The Balaban J connectivity index is 3.07. The van der Waals surface area contributed by atoms with E-state index in [1.165, 1.54) is 0 Å². The molecule has 0 aromatic rings. The monoisotopic (exact) mass is 194 g/mol. The smallest absolute Gasteiger partial charge is 0.244 e. The Bertz CT molecular complexity index is 317. The van der Waals surface area contributed by atoms with Gasteiger partial charge in [-0.3, -0.25) is 4.79 Å². The van der Waals surface area contributed by atoms with Gasteiger partial charge in [0, 0.05) is 13.2 Å². The van der Waals surface area contributed by atoms with E-state index >= 15 is 0 Å². The second-order valence-electron chi connectivity index (χ2n) is 3.40. The van der Waals surface area contributed by atoms with Crippen molar-refractivity contribution in [2.24, 2.45) is 5.73 Å². The number of amides is 1. The number of nitrogens with two attached hydrogens (primary N) is 1. The minimum Gasteiger partial charge on any atom is -0.368 e. The fourth-order valence-electron chi connectivity index (χ4n) is 1.70. The number of hydrazine groups is 1. The first-order valence-corrected chi connectivity index (χ1v) is 4.49. The second-order valence-corrected chi connectivity index (χ2v) is 3.40. The molecule has 1 atom stereocenters.